The first-order chi connectivity index (χ1) is 34.5. The highest BCUT2D eigenvalue weighted by Gasteiger charge is 2.53. The third kappa shape index (κ3) is 22.0. The number of hydrogen-bond acceptors (Lipinski definition) is 19. The molecule has 0 aromatic heterocycles. The molecule has 0 aliphatic heterocycles. The molecule has 1 aliphatic rings. The van der Waals surface area contributed by atoms with Crippen LogP contribution >= 0.6 is 49.1 Å². The standard InChI is InChI=1S/C47H73N8O10P5S3/c1-35(2)62-69(56,63-36(3)4)47(70(57,64-37(5)6)65-38(7)8)34-52(9)48-30-39-16-24-44(25-17-39)59-67(72)54(11)50-32-41-20-28-46(29-21-41)61-68(73)55(12)51-33-42-18-26-45(27-19-42)60-66(71)53(10)49-31-40-14-22-43(58-13)23-15-40/h14-18,20-26,28-32,35-38,42,45,47,51,71H,19,27,33-34H2,1-13H3/q+2/b48-30+,49-31+,50-32+. The zero-order valence-corrected chi connectivity index (χ0v) is 50.9. The number of nitrogens with one attached hydrogen (secondary N) is 1. The maximum Gasteiger partial charge on any atom is 0.540 e. The molecule has 1 aliphatic carbocycles. The third-order valence-corrected chi connectivity index (χ3v) is 22.2. The Morgan fingerprint density at radius 3 is 1.55 bits per heavy atom. The van der Waals surface area contributed by atoms with Crippen LogP contribution in [0.1, 0.15) is 84.9 Å². The maximum absolute atomic E-state index is 14.5. The van der Waals surface area contributed by atoms with Crippen molar-refractivity contribution < 1.29 is 45.5 Å². The Morgan fingerprint density at radius 1 is 0.671 bits per heavy atom. The molecule has 0 saturated heterocycles. The number of thiol groups is 1. The number of hydrazine groups is 1. The van der Waals surface area contributed by atoms with Crippen molar-refractivity contribution in [2.45, 2.75) is 104 Å². The zero-order chi connectivity index (χ0) is 53.9. The van der Waals surface area contributed by atoms with Crippen molar-refractivity contribution in [3.8, 4) is 17.2 Å². The Kier molecular flexibility index (Phi) is 26.5. The quantitative estimate of drug-likeness (QED) is 0.0205. The van der Waals surface area contributed by atoms with Crippen molar-refractivity contribution in [3.05, 3.63) is 102 Å². The molecule has 5 unspecified atom stereocenters. The average Bonchev–Trinajstić information content (AvgIpc) is 3.32. The second-order valence-electron chi connectivity index (χ2n) is 17.8. The van der Waals surface area contributed by atoms with Gasteiger partial charge < -0.3 is 27.4 Å². The molecule has 0 spiro atoms. The van der Waals surface area contributed by atoms with Gasteiger partial charge in [-0.1, -0.05) is 29.2 Å². The summed E-state index contributed by atoms with van der Waals surface area (Å²) in [5.41, 5.74) is 5.95. The highest BCUT2D eigenvalue weighted by molar-refractivity contribution is 8.42. The summed E-state index contributed by atoms with van der Waals surface area (Å²) in [5, 5.41) is 13.8. The van der Waals surface area contributed by atoms with Gasteiger partial charge in [0.05, 0.1) is 76.9 Å². The number of nitrogens with zero attached hydrogens (tertiary/aromatic N) is 7. The van der Waals surface area contributed by atoms with Crippen LogP contribution in [-0.4, -0.2) is 122 Å². The van der Waals surface area contributed by atoms with Crippen LogP contribution in [0, 0.1) is 5.92 Å². The van der Waals surface area contributed by atoms with Gasteiger partial charge in [0.15, 0.2) is 16.9 Å². The lowest BCUT2D eigenvalue weighted by Gasteiger charge is -2.36. The highest BCUT2D eigenvalue weighted by atomic mass is 32.7. The molecule has 0 amide bonds. The molecule has 3 aromatic rings. The van der Waals surface area contributed by atoms with Crippen LogP contribution < -0.4 is 19.2 Å². The minimum atomic E-state index is -4.09. The fourth-order valence-electron chi connectivity index (χ4n) is 6.54. The second kappa shape index (κ2) is 30.8. The van der Waals surface area contributed by atoms with Crippen LogP contribution in [0.2, 0.25) is 0 Å². The molecule has 26 heteroatoms. The van der Waals surface area contributed by atoms with Gasteiger partial charge in [0.1, 0.15) is 5.75 Å². The summed E-state index contributed by atoms with van der Waals surface area (Å²) >= 11 is 16.1. The predicted molar refractivity (Wildman–Crippen MR) is 309 cm³/mol. The largest absolute Gasteiger partial charge is 0.540 e. The van der Waals surface area contributed by atoms with E-state index in [9.17, 15) is 9.13 Å². The lowest BCUT2D eigenvalue weighted by Crippen LogP contribution is -2.34. The van der Waals surface area contributed by atoms with Gasteiger partial charge >= 0.3 is 29.3 Å². The summed E-state index contributed by atoms with van der Waals surface area (Å²) in [4.78, 5) is 0. The summed E-state index contributed by atoms with van der Waals surface area (Å²) in [7, 11) is -3.49. The van der Waals surface area contributed by atoms with Gasteiger partial charge in [0.25, 0.3) is 0 Å². The first-order valence-corrected chi connectivity index (χ1v) is 33.7. The molecular weight excluding hydrogens is 1090 g/mol. The molecule has 1 N–H and O–H groups in total. The molecule has 3 aromatic carbocycles. The summed E-state index contributed by atoms with van der Waals surface area (Å²) in [6.45, 7) is 14.5. The molecule has 0 fully saturated rings. The van der Waals surface area contributed by atoms with Crippen LogP contribution in [0.25, 0.3) is 0 Å². The SMILES string of the molecule is COc1ccc(/C=N/N(C)P(S)OC2C=CC(CNN(C)[P+](=S)Oc3ccc(/C=N/N(C)[P+](=S)Oc4ccc(/C=N/N(C)CC(P(=O)(OC(C)C)OC(C)C)P(=O)(OC(C)C)OC(C)C)cc4)cc3)CC2)cc1. The molecule has 73 heavy (non-hydrogen) atoms. The topological polar surface area (TPSA) is 170 Å². The number of rotatable bonds is 31. The van der Waals surface area contributed by atoms with Crippen LogP contribution in [0.5, 0.6) is 17.2 Å². The van der Waals surface area contributed by atoms with Gasteiger partial charge in [-0.3, -0.25) is 23.2 Å². The van der Waals surface area contributed by atoms with Gasteiger partial charge in [-0.15, -0.1) is 5.10 Å². The monoisotopic (exact) mass is 1160 g/mol. The Morgan fingerprint density at radius 2 is 1.11 bits per heavy atom. The fourth-order valence-corrected chi connectivity index (χ4v) is 15.7. The zero-order valence-electron chi connectivity index (χ0n) is 43.9. The van der Waals surface area contributed by atoms with Gasteiger partial charge in [0, 0.05) is 20.6 Å². The molecule has 4 rings (SSSR count). The summed E-state index contributed by atoms with van der Waals surface area (Å²) < 4.78 is 81.5. The summed E-state index contributed by atoms with van der Waals surface area (Å²) in [5.74, 6) is 2.32. The van der Waals surface area contributed by atoms with E-state index in [0.717, 1.165) is 35.3 Å². The van der Waals surface area contributed by atoms with Crippen molar-refractivity contribution in [1.29, 1.82) is 0 Å². The van der Waals surface area contributed by atoms with E-state index in [-0.39, 0.29) is 12.6 Å². The number of ether oxygens (including phenoxy) is 1. The first-order valence-electron chi connectivity index (χ1n) is 23.7. The van der Waals surface area contributed by atoms with Gasteiger partial charge in [-0.2, -0.15) is 10.2 Å². The van der Waals surface area contributed by atoms with Crippen molar-refractivity contribution in [2.24, 2.45) is 21.2 Å². The van der Waals surface area contributed by atoms with E-state index in [0.29, 0.717) is 24.0 Å². The van der Waals surface area contributed by atoms with E-state index >= 15 is 0 Å². The summed E-state index contributed by atoms with van der Waals surface area (Å²) in [6.07, 6.45) is 9.20. The Bertz CT molecular complexity index is 2360. The van der Waals surface area contributed by atoms with Crippen molar-refractivity contribution in [2.75, 3.05) is 48.4 Å². The Hall–Kier alpha value is -2.79. The minimum Gasteiger partial charge on any atom is -0.497 e. The third-order valence-electron chi connectivity index (χ3n) is 9.94. The number of benzene rings is 3. The summed E-state index contributed by atoms with van der Waals surface area (Å²) in [6, 6.07) is 22.4. The van der Waals surface area contributed by atoms with Crippen molar-refractivity contribution in [3.63, 3.8) is 0 Å². The number of hydrogen-bond donors (Lipinski definition) is 2. The van der Waals surface area contributed by atoms with E-state index in [1.165, 1.54) is 5.01 Å². The Labute approximate surface area is 451 Å². The number of methoxy groups -OCH3 is 1. The lowest BCUT2D eigenvalue weighted by molar-refractivity contribution is 0.118. The van der Waals surface area contributed by atoms with E-state index in [1.54, 1.807) is 117 Å². The molecule has 0 bridgehead atoms. The molecule has 18 nitrogen and oxygen atoms in total. The van der Waals surface area contributed by atoms with Crippen molar-refractivity contribution in [1.82, 2.24) is 24.8 Å². The molecular formula is C47H73N8O10P5S3+2. The lowest BCUT2D eigenvalue weighted by atomic mass is 9.94. The normalized spacial score (nSPS) is 16.5. The molecule has 0 heterocycles. The van der Waals surface area contributed by atoms with E-state index < -0.39 is 66.7 Å². The van der Waals surface area contributed by atoms with Crippen molar-refractivity contribution >= 4 is 91.3 Å². The van der Waals surface area contributed by atoms with E-state index in [2.05, 4.69) is 45.1 Å². The van der Waals surface area contributed by atoms with Crippen LogP contribution in [-0.2, 0) is 55.4 Å². The minimum absolute atomic E-state index is 0.0333. The predicted octanol–water partition coefficient (Wildman–Crippen LogP) is 12.6. The van der Waals surface area contributed by atoms with Gasteiger partial charge in [-0.25, -0.2) is 10.2 Å². The van der Waals surface area contributed by atoms with Gasteiger partial charge in [-0.05, 0) is 168 Å². The van der Waals surface area contributed by atoms with Crippen LogP contribution in [0.15, 0.2) is 100 Å². The Balaban J connectivity index is 1.23. The molecule has 0 saturated carbocycles. The first kappa shape index (κ1) is 62.7. The molecule has 5 atom stereocenters. The van der Waals surface area contributed by atoms with E-state index in [4.69, 9.17) is 60.0 Å². The number of hydrazone groups is 3. The maximum atomic E-state index is 14.5. The second-order valence-corrected chi connectivity index (χ2v) is 29.2. The van der Waals surface area contributed by atoms with Crippen LogP contribution in [0.3, 0.4) is 0 Å². The van der Waals surface area contributed by atoms with Crippen LogP contribution in [0.4, 0.5) is 0 Å². The fraction of sp³-hybridized carbons (Fsp3) is 0.511. The highest BCUT2D eigenvalue weighted by Crippen LogP contribution is 2.72. The smallest absolute Gasteiger partial charge is 0.497 e. The van der Waals surface area contributed by atoms with Gasteiger partial charge in [0.2, 0.25) is 31.1 Å². The average molecular weight is 1160 g/mol. The molecule has 402 valence electrons. The van der Waals surface area contributed by atoms with E-state index in [1.807, 2.05) is 79.5 Å². The molecule has 0 radical (unpaired) electrons.